The van der Waals surface area contributed by atoms with Crippen LogP contribution < -0.4 is 5.73 Å². The Morgan fingerprint density at radius 1 is 1.28 bits per heavy atom. The number of urea groups is 1. The molecule has 0 saturated carbocycles. The second-order valence-electron chi connectivity index (χ2n) is 7.42. The van der Waals surface area contributed by atoms with E-state index in [0.29, 0.717) is 5.57 Å². The van der Waals surface area contributed by atoms with Crippen molar-refractivity contribution < 1.29 is 23.6 Å². The highest BCUT2D eigenvalue weighted by Crippen LogP contribution is 2.31. The van der Waals surface area contributed by atoms with Crippen LogP contribution in [0.2, 0.25) is 0 Å². The van der Waals surface area contributed by atoms with Gasteiger partial charge in [0.25, 0.3) is 0 Å². The minimum atomic E-state index is -1.83. The number of hydroxylamine groups is 2. The van der Waals surface area contributed by atoms with Gasteiger partial charge < -0.3 is 15.5 Å². The molecule has 3 amide bonds. The minimum Gasteiger partial charge on any atom is -0.368 e. The summed E-state index contributed by atoms with van der Waals surface area (Å²) in [5.41, 5.74) is 5.95. The number of amides is 3. The Morgan fingerprint density at radius 2 is 1.84 bits per heavy atom. The second-order valence-corrected chi connectivity index (χ2v) is 7.42. The van der Waals surface area contributed by atoms with Gasteiger partial charge in [0.1, 0.15) is 12.1 Å². The van der Waals surface area contributed by atoms with E-state index in [9.17, 15) is 18.8 Å². The SMILES string of the molecule is CC1=C[C@@H]2CN(C(=O)N2OC(=O)[C@H](F)C(C(C)C)C(C)C)[C@@H]1C(N)=O. The maximum Gasteiger partial charge on any atom is 0.366 e. The van der Waals surface area contributed by atoms with E-state index in [0.717, 1.165) is 5.06 Å². The molecule has 140 valence electrons. The van der Waals surface area contributed by atoms with Crippen LogP contribution in [0.3, 0.4) is 0 Å². The number of nitrogens with zero attached hydrogens (tertiary/aromatic N) is 2. The van der Waals surface area contributed by atoms with Gasteiger partial charge in [-0.1, -0.05) is 33.8 Å². The quantitative estimate of drug-likeness (QED) is 0.733. The van der Waals surface area contributed by atoms with Gasteiger partial charge in [-0.15, -0.1) is 5.06 Å². The summed E-state index contributed by atoms with van der Waals surface area (Å²) in [4.78, 5) is 42.6. The van der Waals surface area contributed by atoms with Gasteiger partial charge in [-0.05, 0) is 24.3 Å². The molecule has 7 nitrogen and oxygen atoms in total. The molecule has 2 N–H and O–H groups in total. The summed E-state index contributed by atoms with van der Waals surface area (Å²) in [6.07, 6.45) is -0.181. The molecule has 8 heteroatoms. The van der Waals surface area contributed by atoms with Gasteiger partial charge >= 0.3 is 12.0 Å². The second kappa shape index (κ2) is 7.01. The van der Waals surface area contributed by atoms with Crippen LogP contribution in [0.4, 0.5) is 9.18 Å². The first-order chi connectivity index (χ1) is 11.6. The van der Waals surface area contributed by atoms with Crippen LogP contribution in [0, 0.1) is 17.8 Å². The third-order valence-electron chi connectivity index (χ3n) is 4.88. The molecule has 0 aromatic rings. The lowest BCUT2D eigenvalue weighted by molar-refractivity contribution is -0.187. The summed E-state index contributed by atoms with van der Waals surface area (Å²) < 4.78 is 14.7. The Hall–Kier alpha value is -2.12. The smallest absolute Gasteiger partial charge is 0.366 e. The molecule has 0 aromatic heterocycles. The molecule has 1 fully saturated rings. The zero-order chi connectivity index (χ0) is 19.0. The van der Waals surface area contributed by atoms with Crippen molar-refractivity contribution in [2.45, 2.75) is 52.9 Å². The van der Waals surface area contributed by atoms with E-state index in [1.807, 2.05) is 27.7 Å². The van der Waals surface area contributed by atoms with Crippen molar-refractivity contribution in [3.05, 3.63) is 11.6 Å². The number of hydrogen-bond donors (Lipinski definition) is 1. The highest BCUT2D eigenvalue weighted by Gasteiger charge is 2.49. The summed E-state index contributed by atoms with van der Waals surface area (Å²) in [5, 5.41) is 0.846. The van der Waals surface area contributed by atoms with Crippen LogP contribution in [-0.4, -0.2) is 52.7 Å². The maximum absolute atomic E-state index is 14.7. The van der Waals surface area contributed by atoms with Gasteiger partial charge in [0.15, 0.2) is 0 Å². The zero-order valence-corrected chi connectivity index (χ0v) is 15.2. The summed E-state index contributed by atoms with van der Waals surface area (Å²) in [6.45, 7) is 9.22. The lowest BCUT2D eigenvalue weighted by Crippen LogP contribution is -2.48. The van der Waals surface area contributed by atoms with E-state index in [4.69, 9.17) is 10.6 Å². The molecular formula is C17H26FN3O4. The maximum atomic E-state index is 14.7. The fourth-order valence-electron chi connectivity index (χ4n) is 3.83. The number of carbonyl (C=O) groups excluding carboxylic acids is 3. The van der Waals surface area contributed by atoms with Crippen LogP contribution in [0.1, 0.15) is 34.6 Å². The van der Waals surface area contributed by atoms with E-state index in [-0.39, 0.29) is 18.4 Å². The Morgan fingerprint density at radius 3 is 2.32 bits per heavy atom. The number of hydrogen-bond acceptors (Lipinski definition) is 4. The van der Waals surface area contributed by atoms with Crippen molar-refractivity contribution in [1.82, 2.24) is 9.96 Å². The standard InChI is InChI=1S/C17H26FN3O4/c1-8(2)12(9(3)4)13(18)16(23)25-21-11-6-10(5)14(15(19)22)20(7-11)17(21)24/h6,8-9,11-14H,7H2,1-5H3,(H2,19,22)/t11-,13-,14+/m1/s1. The summed E-state index contributed by atoms with van der Waals surface area (Å²) in [6, 6.07) is -2.07. The largest absolute Gasteiger partial charge is 0.368 e. The van der Waals surface area contributed by atoms with Gasteiger partial charge in [0, 0.05) is 5.92 Å². The average Bonchev–Trinajstić information content (AvgIpc) is 2.71. The van der Waals surface area contributed by atoms with E-state index >= 15 is 0 Å². The Kier molecular flexibility index (Phi) is 5.39. The van der Waals surface area contributed by atoms with Crippen LogP contribution >= 0.6 is 0 Å². The molecule has 0 spiro atoms. The van der Waals surface area contributed by atoms with Crippen molar-refractivity contribution in [3.8, 4) is 0 Å². The van der Waals surface area contributed by atoms with Crippen LogP contribution in [-0.2, 0) is 14.4 Å². The van der Waals surface area contributed by atoms with Crippen molar-refractivity contribution in [3.63, 3.8) is 0 Å². The first-order valence-corrected chi connectivity index (χ1v) is 8.49. The topological polar surface area (TPSA) is 92.9 Å². The molecule has 0 radical (unpaired) electrons. The molecule has 25 heavy (non-hydrogen) atoms. The molecular weight excluding hydrogens is 329 g/mol. The molecule has 2 bridgehead atoms. The number of carbonyl (C=O) groups is 3. The molecule has 3 atom stereocenters. The number of primary amides is 1. The van der Waals surface area contributed by atoms with E-state index in [1.54, 1.807) is 13.0 Å². The molecule has 2 aliphatic heterocycles. The molecule has 2 heterocycles. The first-order valence-electron chi connectivity index (χ1n) is 8.49. The van der Waals surface area contributed by atoms with Gasteiger partial charge in [-0.3, -0.25) is 4.79 Å². The van der Waals surface area contributed by atoms with Crippen LogP contribution in [0.15, 0.2) is 11.6 Å². The Balaban J connectivity index is 2.15. The third kappa shape index (κ3) is 3.48. The fraction of sp³-hybridized carbons (Fsp3) is 0.706. The van der Waals surface area contributed by atoms with E-state index in [2.05, 4.69) is 0 Å². The lowest BCUT2D eigenvalue weighted by atomic mass is 9.82. The normalized spacial score (nSPS) is 24.2. The minimum absolute atomic E-state index is 0.0545. The first kappa shape index (κ1) is 19.2. The zero-order valence-electron chi connectivity index (χ0n) is 15.2. The van der Waals surface area contributed by atoms with Crippen molar-refractivity contribution in [2.24, 2.45) is 23.5 Å². The molecule has 0 unspecified atom stereocenters. The predicted molar refractivity (Wildman–Crippen MR) is 88.6 cm³/mol. The molecule has 1 saturated heterocycles. The molecule has 0 aromatic carbocycles. The number of halogens is 1. The fourth-order valence-corrected chi connectivity index (χ4v) is 3.83. The van der Waals surface area contributed by atoms with E-state index < -0.39 is 42.1 Å². The third-order valence-corrected chi connectivity index (χ3v) is 4.88. The molecule has 2 aliphatic rings. The monoisotopic (exact) mass is 355 g/mol. The van der Waals surface area contributed by atoms with Gasteiger partial charge in [0.2, 0.25) is 12.1 Å². The highest BCUT2D eigenvalue weighted by molar-refractivity contribution is 5.91. The highest BCUT2D eigenvalue weighted by atomic mass is 19.1. The average molecular weight is 355 g/mol. The molecule has 0 aliphatic carbocycles. The van der Waals surface area contributed by atoms with Gasteiger partial charge in [-0.25, -0.2) is 14.0 Å². The predicted octanol–water partition coefficient (Wildman–Crippen LogP) is 1.63. The van der Waals surface area contributed by atoms with Crippen molar-refractivity contribution in [1.29, 1.82) is 0 Å². The Labute approximate surface area is 146 Å². The summed E-state index contributed by atoms with van der Waals surface area (Å²) >= 11 is 0. The number of fused-ring (bicyclic) bond motifs is 2. The van der Waals surface area contributed by atoms with Crippen molar-refractivity contribution >= 4 is 17.9 Å². The van der Waals surface area contributed by atoms with Gasteiger partial charge in [0.05, 0.1) is 6.54 Å². The number of rotatable bonds is 6. The summed E-state index contributed by atoms with van der Waals surface area (Å²) in [7, 11) is 0. The van der Waals surface area contributed by atoms with E-state index in [1.165, 1.54) is 4.90 Å². The van der Waals surface area contributed by atoms with Crippen molar-refractivity contribution in [2.75, 3.05) is 6.54 Å². The lowest BCUT2D eigenvalue weighted by Gasteiger charge is -2.28. The number of nitrogens with two attached hydrogens (primary N) is 1. The Bertz CT molecular complexity index is 597. The van der Waals surface area contributed by atoms with Crippen LogP contribution in [0.25, 0.3) is 0 Å². The van der Waals surface area contributed by atoms with Gasteiger partial charge in [-0.2, -0.15) is 0 Å². The summed E-state index contributed by atoms with van der Waals surface area (Å²) in [5.74, 6) is -2.36. The number of alkyl halides is 1. The molecule has 2 rings (SSSR count). The van der Waals surface area contributed by atoms with Crippen LogP contribution in [0.5, 0.6) is 0 Å².